The van der Waals surface area contributed by atoms with Crippen molar-refractivity contribution in [2.24, 2.45) is 5.73 Å². The fourth-order valence-corrected chi connectivity index (χ4v) is 3.38. The normalized spacial score (nSPS) is 19.8. The molecule has 0 heterocycles. The van der Waals surface area contributed by atoms with E-state index in [-0.39, 0.29) is 12.6 Å². The molecule has 102 valence electrons. The van der Waals surface area contributed by atoms with Crippen LogP contribution in [-0.4, -0.2) is 37.9 Å². The molecule has 0 aliphatic heterocycles. The van der Waals surface area contributed by atoms with Gasteiger partial charge >= 0.3 is 0 Å². The van der Waals surface area contributed by atoms with Gasteiger partial charge in [-0.25, -0.2) is 4.72 Å². The molecule has 5 nitrogen and oxygen atoms in total. The second-order valence-electron chi connectivity index (χ2n) is 5.62. The summed E-state index contributed by atoms with van der Waals surface area (Å²) in [4.78, 5) is 0. The summed E-state index contributed by atoms with van der Waals surface area (Å²) in [7, 11) is -1.74. The van der Waals surface area contributed by atoms with E-state index in [0.29, 0.717) is 0 Å². The molecule has 0 aromatic carbocycles. The van der Waals surface area contributed by atoms with Gasteiger partial charge in [0.25, 0.3) is 10.2 Å². The third-order valence-corrected chi connectivity index (χ3v) is 4.74. The molecule has 17 heavy (non-hydrogen) atoms. The zero-order valence-electron chi connectivity index (χ0n) is 11.1. The number of hydrogen-bond donors (Lipinski definition) is 2. The predicted molar refractivity (Wildman–Crippen MR) is 69.8 cm³/mol. The third-order valence-electron chi connectivity index (χ3n) is 3.18. The van der Waals surface area contributed by atoms with E-state index < -0.39 is 15.7 Å². The maximum Gasteiger partial charge on any atom is 0.279 e. The molecule has 1 rings (SSSR count). The van der Waals surface area contributed by atoms with Crippen molar-refractivity contribution in [3.63, 3.8) is 0 Å². The summed E-state index contributed by atoms with van der Waals surface area (Å²) in [5.74, 6) is 0. The zero-order chi connectivity index (χ0) is 13.1. The highest BCUT2D eigenvalue weighted by atomic mass is 32.2. The van der Waals surface area contributed by atoms with E-state index in [9.17, 15) is 8.42 Å². The molecule has 6 heteroatoms. The van der Waals surface area contributed by atoms with Crippen molar-refractivity contribution < 1.29 is 8.42 Å². The number of nitrogens with zero attached hydrogens (tertiary/aromatic N) is 1. The molecule has 0 aromatic heterocycles. The van der Waals surface area contributed by atoms with E-state index in [0.717, 1.165) is 25.7 Å². The number of rotatable bonds is 5. The Morgan fingerprint density at radius 3 is 2.29 bits per heavy atom. The Bertz CT molecular complexity index is 329. The van der Waals surface area contributed by atoms with Gasteiger partial charge in [-0.15, -0.1) is 0 Å². The van der Waals surface area contributed by atoms with Gasteiger partial charge in [-0.3, -0.25) is 0 Å². The minimum Gasteiger partial charge on any atom is -0.324 e. The van der Waals surface area contributed by atoms with E-state index in [1.807, 2.05) is 0 Å². The lowest BCUT2D eigenvalue weighted by Crippen LogP contribution is -2.51. The Morgan fingerprint density at radius 1 is 1.29 bits per heavy atom. The van der Waals surface area contributed by atoms with Crippen molar-refractivity contribution in [2.45, 2.75) is 57.5 Å². The van der Waals surface area contributed by atoms with Gasteiger partial charge in [0.05, 0.1) is 0 Å². The van der Waals surface area contributed by atoms with E-state index in [4.69, 9.17) is 5.73 Å². The topological polar surface area (TPSA) is 75.4 Å². The Kier molecular flexibility index (Phi) is 4.95. The van der Waals surface area contributed by atoms with Crippen molar-refractivity contribution in [1.29, 1.82) is 0 Å². The average Bonchev–Trinajstić information content (AvgIpc) is 2.26. The molecule has 1 aliphatic rings. The molecular formula is C11H25N3O2S. The van der Waals surface area contributed by atoms with Crippen molar-refractivity contribution in [1.82, 2.24) is 9.03 Å². The first-order chi connectivity index (χ1) is 7.72. The summed E-state index contributed by atoms with van der Waals surface area (Å²) in [5.41, 5.74) is 5.25. The zero-order valence-corrected chi connectivity index (χ0v) is 11.9. The first kappa shape index (κ1) is 14.9. The average molecular weight is 263 g/mol. The third kappa shape index (κ3) is 4.91. The van der Waals surface area contributed by atoms with Crippen LogP contribution in [0.3, 0.4) is 0 Å². The number of hydrogen-bond acceptors (Lipinski definition) is 3. The molecule has 0 saturated heterocycles. The van der Waals surface area contributed by atoms with Gasteiger partial charge in [-0.1, -0.05) is 19.3 Å². The van der Waals surface area contributed by atoms with Crippen LogP contribution in [0, 0.1) is 0 Å². The summed E-state index contributed by atoms with van der Waals surface area (Å²) in [6.45, 7) is 3.86. The highest BCUT2D eigenvalue weighted by Gasteiger charge is 2.28. The lowest BCUT2D eigenvalue weighted by molar-refractivity contribution is 0.282. The molecular weight excluding hydrogens is 238 g/mol. The lowest BCUT2D eigenvalue weighted by atomic mass is 9.96. The van der Waals surface area contributed by atoms with Crippen molar-refractivity contribution in [3.8, 4) is 0 Å². The first-order valence-electron chi connectivity index (χ1n) is 6.24. The highest BCUT2D eigenvalue weighted by Crippen LogP contribution is 2.22. The maximum atomic E-state index is 12.0. The van der Waals surface area contributed by atoms with Crippen LogP contribution in [-0.2, 0) is 10.2 Å². The van der Waals surface area contributed by atoms with Crippen LogP contribution in [0.4, 0.5) is 0 Å². The largest absolute Gasteiger partial charge is 0.324 e. The van der Waals surface area contributed by atoms with Crippen LogP contribution in [0.2, 0.25) is 0 Å². The molecule has 0 aromatic rings. The van der Waals surface area contributed by atoms with Crippen molar-refractivity contribution in [2.75, 3.05) is 13.6 Å². The Labute approximate surface area is 105 Å². The predicted octanol–water partition coefficient (Wildman–Crippen LogP) is 0.823. The molecule has 0 atom stereocenters. The minimum absolute atomic E-state index is 0.141. The maximum absolute atomic E-state index is 12.0. The smallest absolute Gasteiger partial charge is 0.279 e. The van der Waals surface area contributed by atoms with E-state index in [2.05, 4.69) is 4.72 Å². The van der Waals surface area contributed by atoms with E-state index >= 15 is 0 Å². The van der Waals surface area contributed by atoms with Gasteiger partial charge in [0.2, 0.25) is 0 Å². The van der Waals surface area contributed by atoms with Crippen molar-refractivity contribution in [3.05, 3.63) is 0 Å². The van der Waals surface area contributed by atoms with Crippen LogP contribution in [0.5, 0.6) is 0 Å². The summed E-state index contributed by atoms with van der Waals surface area (Å²) in [5, 5.41) is 0. The fourth-order valence-electron chi connectivity index (χ4n) is 2.02. The van der Waals surface area contributed by atoms with Crippen LogP contribution in [0.1, 0.15) is 46.0 Å². The molecule has 0 spiro atoms. The summed E-state index contributed by atoms with van der Waals surface area (Å²) >= 11 is 0. The van der Waals surface area contributed by atoms with Gasteiger partial charge < -0.3 is 5.73 Å². The van der Waals surface area contributed by atoms with E-state index in [1.54, 1.807) is 20.9 Å². The van der Waals surface area contributed by atoms with Crippen LogP contribution < -0.4 is 10.5 Å². The molecule has 1 aliphatic carbocycles. The number of nitrogens with one attached hydrogen (secondary N) is 1. The standard InChI is InChI=1S/C11H25N3O2S/c1-11(2,12)9-13-17(15,16)14(3)10-7-5-4-6-8-10/h10,13H,4-9,12H2,1-3H3. The Morgan fingerprint density at radius 2 is 1.82 bits per heavy atom. The van der Waals surface area contributed by atoms with E-state index in [1.165, 1.54) is 10.7 Å². The van der Waals surface area contributed by atoms with Gasteiger partial charge in [0.1, 0.15) is 0 Å². The van der Waals surface area contributed by atoms with Gasteiger partial charge in [-0.2, -0.15) is 12.7 Å². The summed E-state index contributed by atoms with van der Waals surface area (Å²) in [6.07, 6.45) is 5.38. The first-order valence-corrected chi connectivity index (χ1v) is 7.68. The van der Waals surface area contributed by atoms with Crippen LogP contribution >= 0.6 is 0 Å². The Balaban J connectivity index is 2.56. The molecule has 0 unspecified atom stereocenters. The molecule has 0 bridgehead atoms. The summed E-state index contributed by atoms with van der Waals surface area (Å²) < 4.78 is 28.1. The fraction of sp³-hybridized carbons (Fsp3) is 1.00. The highest BCUT2D eigenvalue weighted by molar-refractivity contribution is 7.87. The van der Waals surface area contributed by atoms with Crippen LogP contribution in [0.15, 0.2) is 0 Å². The second-order valence-corrected chi connectivity index (χ2v) is 7.44. The molecule has 1 fully saturated rings. The second kappa shape index (κ2) is 5.65. The lowest BCUT2D eigenvalue weighted by Gasteiger charge is -2.31. The van der Waals surface area contributed by atoms with Gasteiger partial charge in [0.15, 0.2) is 0 Å². The molecule has 3 N–H and O–H groups in total. The monoisotopic (exact) mass is 263 g/mol. The van der Waals surface area contributed by atoms with Gasteiger partial charge in [-0.05, 0) is 26.7 Å². The van der Waals surface area contributed by atoms with Gasteiger partial charge in [0, 0.05) is 25.2 Å². The summed E-state index contributed by atoms with van der Waals surface area (Å²) in [6, 6.07) is 0.141. The quantitative estimate of drug-likeness (QED) is 0.771. The SMILES string of the molecule is CN(C1CCCCC1)S(=O)(=O)NCC(C)(C)N. The van der Waals surface area contributed by atoms with Crippen LogP contribution in [0.25, 0.3) is 0 Å². The molecule has 1 saturated carbocycles. The van der Waals surface area contributed by atoms with Crippen molar-refractivity contribution >= 4 is 10.2 Å². The number of nitrogens with two attached hydrogens (primary N) is 1. The Hall–Kier alpha value is -0.170. The molecule has 0 amide bonds. The molecule has 0 radical (unpaired) electrons. The minimum atomic E-state index is -3.39.